The Morgan fingerprint density at radius 3 is 2.60 bits per heavy atom. The zero-order chi connectivity index (χ0) is 14.0. The van der Waals surface area contributed by atoms with E-state index < -0.39 is 11.4 Å². The molecular weight excluding hydrogens is 258 g/mol. The van der Waals surface area contributed by atoms with Crippen molar-refractivity contribution in [2.45, 2.75) is 56.3 Å². The third-order valence-electron chi connectivity index (χ3n) is 4.69. The lowest BCUT2D eigenvalue weighted by Gasteiger charge is -2.29. The summed E-state index contributed by atoms with van der Waals surface area (Å²) in [6.45, 7) is 1.35. The van der Waals surface area contributed by atoms with E-state index in [1.54, 1.807) is 0 Å². The highest BCUT2D eigenvalue weighted by Crippen LogP contribution is 2.36. The van der Waals surface area contributed by atoms with Crippen molar-refractivity contribution < 1.29 is 14.4 Å². The molecular formula is C14H21N3O3. The Bertz CT molecular complexity index is 474. The van der Waals surface area contributed by atoms with Crippen LogP contribution in [0.15, 0.2) is 4.52 Å². The van der Waals surface area contributed by atoms with E-state index >= 15 is 0 Å². The number of rotatable bonds is 3. The predicted molar refractivity (Wildman–Crippen MR) is 71.5 cm³/mol. The molecule has 0 spiro atoms. The first-order valence-electron chi connectivity index (χ1n) is 7.50. The van der Waals surface area contributed by atoms with Crippen molar-refractivity contribution in [3.63, 3.8) is 0 Å². The monoisotopic (exact) mass is 279 g/mol. The van der Waals surface area contributed by atoms with Gasteiger partial charge in [-0.3, -0.25) is 4.79 Å². The van der Waals surface area contributed by atoms with Gasteiger partial charge in [0.25, 0.3) is 0 Å². The predicted octanol–water partition coefficient (Wildman–Crippen LogP) is 1.82. The maximum atomic E-state index is 11.7. The van der Waals surface area contributed by atoms with Gasteiger partial charge in [0.2, 0.25) is 5.89 Å². The average molecular weight is 279 g/mol. The maximum absolute atomic E-state index is 11.7. The Hall–Kier alpha value is -1.43. The fourth-order valence-electron chi connectivity index (χ4n) is 3.33. The summed E-state index contributed by atoms with van der Waals surface area (Å²) < 4.78 is 5.35. The second-order valence-corrected chi connectivity index (χ2v) is 5.93. The lowest BCUT2D eigenvalue weighted by molar-refractivity contribution is -0.146. The molecule has 2 aliphatic rings. The summed E-state index contributed by atoms with van der Waals surface area (Å²) in [5.74, 6) is 0.498. The third kappa shape index (κ3) is 2.32. The highest BCUT2D eigenvalue weighted by molar-refractivity contribution is 5.80. The van der Waals surface area contributed by atoms with Crippen molar-refractivity contribution in [3.8, 4) is 0 Å². The van der Waals surface area contributed by atoms with Gasteiger partial charge in [0.1, 0.15) is 5.41 Å². The van der Waals surface area contributed by atoms with Crippen molar-refractivity contribution in [2.75, 3.05) is 13.1 Å². The fraction of sp³-hybridized carbons (Fsp3) is 0.786. The summed E-state index contributed by atoms with van der Waals surface area (Å²) in [4.78, 5) is 16.2. The summed E-state index contributed by atoms with van der Waals surface area (Å²) >= 11 is 0. The number of aromatic nitrogens is 2. The van der Waals surface area contributed by atoms with Crippen LogP contribution in [0.1, 0.15) is 62.6 Å². The summed E-state index contributed by atoms with van der Waals surface area (Å²) in [6.07, 6.45) is 6.85. The third-order valence-corrected chi connectivity index (χ3v) is 4.69. The normalized spacial score (nSPS) is 23.6. The molecule has 1 aliphatic carbocycles. The first-order valence-corrected chi connectivity index (χ1v) is 7.50. The van der Waals surface area contributed by atoms with Crippen molar-refractivity contribution >= 4 is 5.97 Å². The van der Waals surface area contributed by atoms with E-state index in [-0.39, 0.29) is 0 Å². The molecule has 1 aromatic heterocycles. The van der Waals surface area contributed by atoms with Gasteiger partial charge in [-0.05, 0) is 38.8 Å². The van der Waals surface area contributed by atoms with Crippen LogP contribution in [0.2, 0.25) is 0 Å². The zero-order valence-corrected chi connectivity index (χ0v) is 11.6. The molecule has 0 aromatic carbocycles. The van der Waals surface area contributed by atoms with E-state index in [1.165, 1.54) is 19.3 Å². The maximum Gasteiger partial charge on any atom is 0.319 e. The van der Waals surface area contributed by atoms with E-state index in [4.69, 9.17) is 4.52 Å². The minimum atomic E-state index is -0.995. The van der Waals surface area contributed by atoms with Crippen LogP contribution in [-0.2, 0) is 10.2 Å². The molecule has 3 rings (SSSR count). The quantitative estimate of drug-likeness (QED) is 0.877. The number of hydrogen-bond acceptors (Lipinski definition) is 5. The molecule has 0 atom stereocenters. The van der Waals surface area contributed by atoms with Gasteiger partial charge >= 0.3 is 5.97 Å². The first-order chi connectivity index (χ1) is 9.72. The smallest absolute Gasteiger partial charge is 0.319 e. The minimum Gasteiger partial charge on any atom is -0.480 e. The van der Waals surface area contributed by atoms with Crippen molar-refractivity contribution in [1.29, 1.82) is 0 Å². The number of carbonyl (C=O) groups is 1. The second kappa shape index (κ2) is 5.52. The van der Waals surface area contributed by atoms with Crippen molar-refractivity contribution in [3.05, 3.63) is 11.7 Å². The van der Waals surface area contributed by atoms with Crippen LogP contribution < -0.4 is 5.32 Å². The molecule has 1 aromatic rings. The molecule has 1 saturated heterocycles. The summed E-state index contributed by atoms with van der Waals surface area (Å²) in [5.41, 5.74) is -0.995. The molecule has 1 aliphatic heterocycles. The number of nitrogens with one attached hydrogen (secondary N) is 1. The van der Waals surface area contributed by atoms with Gasteiger partial charge in [-0.1, -0.05) is 24.4 Å². The van der Waals surface area contributed by atoms with E-state index in [0.717, 1.165) is 12.8 Å². The van der Waals surface area contributed by atoms with Crippen LogP contribution in [0.4, 0.5) is 0 Å². The van der Waals surface area contributed by atoms with Gasteiger partial charge in [-0.15, -0.1) is 0 Å². The molecule has 2 fully saturated rings. The van der Waals surface area contributed by atoms with E-state index in [2.05, 4.69) is 15.5 Å². The van der Waals surface area contributed by atoms with Gasteiger partial charge in [0.15, 0.2) is 5.82 Å². The Labute approximate surface area is 117 Å². The average Bonchev–Trinajstić information content (AvgIpc) is 2.99. The molecule has 6 heteroatoms. The summed E-state index contributed by atoms with van der Waals surface area (Å²) in [6, 6.07) is 0. The molecule has 6 nitrogen and oxygen atoms in total. The number of piperidine rings is 1. The van der Waals surface area contributed by atoms with E-state index in [0.29, 0.717) is 43.6 Å². The van der Waals surface area contributed by atoms with Crippen LogP contribution in [0.3, 0.4) is 0 Å². The molecule has 0 unspecified atom stereocenters. The van der Waals surface area contributed by atoms with Gasteiger partial charge in [0.05, 0.1) is 0 Å². The molecule has 2 heterocycles. The topological polar surface area (TPSA) is 88.2 Å². The minimum absolute atomic E-state index is 0.298. The largest absolute Gasteiger partial charge is 0.480 e. The fourth-order valence-corrected chi connectivity index (χ4v) is 3.33. The zero-order valence-electron chi connectivity index (χ0n) is 11.6. The number of carboxylic acid groups (broad SMARTS) is 1. The molecule has 110 valence electrons. The lowest BCUT2D eigenvalue weighted by atomic mass is 9.79. The van der Waals surface area contributed by atoms with Gasteiger partial charge in [-0.25, -0.2) is 0 Å². The summed E-state index contributed by atoms with van der Waals surface area (Å²) in [7, 11) is 0. The van der Waals surface area contributed by atoms with Gasteiger partial charge < -0.3 is 14.9 Å². The Morgan fingerprint density at radius 2 is 1.95 bits per heavy atom. The SMILES string of the molecule is O=C(O)C1(c2nc(C3CCCCC3)no2)CCNCC1. The molecule has 20 heavy (non-hydrogen) atoms. The molecule has 0 amide bonds. The Morgan fingerprint density at radius 1 is 1.25 bits per heavy atom. The lowest BCUT2D eigenvalue weighted by Crippen LogP contribution is -2.45. The number of carboxylic acids is 1. The number of nitrogens with zero attached hydrogens (tertiary/aromatic N) is 2. The second-order valence-electron chi connectivity index (χ2n) is 5.93. The highest BCUT2D eigenvalue weighted by Gasteiger charge is 2.46. The van der Waals surface area contributed by atoms with Crippen LogP contribution in [0.5, 0.6) is 0 Å². The highest BCUT2D eigenvalue weighted by atomic mass is 16.5. The number of aliphatic carboxylic acids is 1. The number of hydrogen-bond donors (Lipinski definition) is 2. The molecule has 0 radical (unpaired) electrons. The van der Waals surface area contributed by atoms with Crippen molar-refractivity contribution in [2.24, 2.45) is 0 Å². The van der Waals surface area contributed by atoms with Crippen LogP contribution >= 0.6 is 0 Å². The summed E-state index contributed by atoms with van der Waals surface area (Å²) in [5, 5.41) is 16.9. The Kier molecular flexibility index (Phi) is 3.74. The first kappa shape index (κ1) is 13.5. The van der Waals surface area contributed by atoms with Crippen LogP contribution in [0, 0.1) is 0 Å². The standard InChI is InChI=1S/C14H21N3O3/c18-13(19)14(6-8-15-9-7-14)12-16-11(17-20-12)10-4-2-1-3-5-10/h10,15H,1-9H2,(H,18,19). The Balaban J connectivity index is 1.85. The van der Waals surface area contributed by atoms with Crippen molar-refractivity contribution in [1.82, 2.24) is 15.5 Å². The molecule has 2 N–H and O–H groups in total. The van der Waals surface area contributed by atoms with Gasteiger partial charge in [-0.2, -0.15) is 4.98 Å². The molecule has 0 bridgehead atoms. The van der Waals surface area contributed by atoms with E-state index in [1.807, 2.05) is 0 Å². The van der Waals surface area contributed by atoms with Gasteiger partial charge in [0, 0.05) is 5.92 Å². The van der Waals surface area contributed by atoms with Crippen LogP contribution in [-0.4, -0.2) is 34.3 Å². The molecule has 1 saturated carbocycles. The van der Waals surface area contributed by atoms with Crippen LogP contribution in [0.25, 0.3) is 0 Å². The van der Waals surface area contributed by atoms with E-state index in [9.17, 15) is 9.90 Å².